The van der Waals surface area contributed by atoms with Gasteiger partial charge in [0.15, 0.2) is 10.9 Å². The predicted molar refractivity (Wildman–Crippen MR) is 68.4 cm³/mol. The van der Waals surface area contributed by atoms with E-state index in [1.165, 1.54) is 11.8 Å². The molecule has 0 fully saturated rings. The van der Waals surface area contributed by atoms with E-state index in [1.54, 1.807) is 30.9 Å². The summed E-state index contributed by atoms with van der Waals surface area (Å²) in [6.07, 6.45) is 1.89. The number of furan rings is 1. The summed E-state index contributed by atoms with van der Waals surface area (Å²) in [6.45, 7) is 6.06. The Balaban J connectivity index is 2.79. The van der Waals surface area contributed by atoms with Crippen LogP contribution >= 0.6 is 11.8 Å². The molecule has 1 aromatic heterocycles. The molecule has 0 spiro atoms. The molecule has 5 heteroatoms. The molecular formula is C12H19NO3S. The molecule has 0 aromatic carbocycles. The number of hydrogen-bond donors (Lipinski definition) is 1. The number of thioether (sulfide) groups is 1. The monoisotopic (exact) mass is 257 g/mol. The quantitative estimate of drug-likeness (QED) is 0.822. The summed E-state index contributed by atoms with van der Waals surface area (Å²) >= 11 is 1.45. The fourth-order valence-electron chi connectivity index (χ4n) is 1.49. The molecule has 0 saturated carbocycles. The summed E-state index contributed by atoms with van der Waals surface area (Å²) in [5.74, 6) is 0.135. The zero-order valence-electron chi connectivity index (χ0n) is 10.7. The molecule has 1 N–H and O–H groups in total. The van der Waals surface area contributed by atoms with Gasteiger partial charge in [0.25, 0.3) is 5.91 Å². The van der Waals surface area contributed by atoms with Crippen molar-refractivity contribution in [2.75, 3.05) is 19.3 Å². The first-order valence-corrected chi connectivity index (χ1v) is 6.75. The van der Waals surface area contributed by atoms with Crippen molar-refractivity contribution in [3.8, 4) is 0 Å². The van der Waals surface area contributed by atoms with Crippen molar-refractivity contribution in [3.63, 3.8) is 0 Å². The summed E-state index contributed by atoms with van der Waals surface area (Å²) in [5, 5.41) is 10.5. The van der Waals surface area contributed by atoms with Crippen molar-refractivity contribution in [2.45, 2.75) is 31.5 Å². The van der Waals surface area contributed by atoms with Crippen molar-refractivity contribution < 1.29 is 14.3 Å². The van der Waals surface area contributed by atoms with Crippen LogP contribution in [0.3, 0.4) is 0 Å². The van der Waals surface area contributed by atoms with Gasteiger partial charge in [-0.05, 0) is 39.2 Å². The topological polar surface area (TPSA) is 53.7 Å². The molecule has 0 saturated heterocycles. The zero-order chi connectivity index (χ0) is 13.1. The van der Waals surface area contributed by atoms with Crippen LogP contribution in [0.25, 0.3) is 0 Å². The minimum atomic E-state index is -0.902. The van der Waals surface area contributed by atoms with Crippen LogP contribution in [0, 0.1) is 0 Å². The predicted octanol–water partition coefficient (Wildman–Crippen LogP) is 2.23. The minimum Gasteiger partial charge on any atom is -0.445 e. The third-order valence-electron chi connectivity index (χ3n) is 2.24. The first kappa shape index (κ1) is 14.1. The van der Waals surface area contributed by atoms with Gasteiger partial charge in [0.1, 0.15) is 0 Å². The van der Waals surface area contributed by atoms with Crippen molar-refractivity contribution in [1.82, 2.24) is 4.90 Å². The van der Waals surface area contributed by atoms with Crippen LogP contribution in [0.2, 0.25) is 0 Å². The highest BCUT2D eigenvalue weighted by Gasteiger charge is 2.24. The molecule has 0 unspecified atom stereocenters. The van der Waals surface area contributed by atoms with Crippen LogP contribution in [0.4, 0.5) is 0 Å². The Labute approximate surface area is 106 Å². The van der Waals surface area contributed by atoms with Gasteiger partial charge in [-0.3, -0.25) is 4.79 Å². The first-order chi connectivity index (χ1) is 7.87. The highest BCUT2D eigenvalue weighted by Crippen LogP contribution is 2.19. The van der Waals surface area contributed by atoms with Crippen molar-refractivity contribution in [2.24, 2.45) is 0 Å². The Morgan fingerprint density at radius 1 is 1.53 bits per heavy atom. The second kappa shape index (κ2) is 5.60. The van der Waals surface area contributed by atoms with E-state index in [1.807, 2.05) is 13.2 Å². The number of likely N-dealkylation sites (N-methyl/N-ethyl adjacent to an activating group) is 1. The van der Waals surface area contributed by atoms with Gasteiger partial charge in [-0.25, -0.2) is 0 Å². The number of carbonyl (C=O) groups is 1. The van der Waals surface area contributed by atoms with Crippen LogP contribution < -0.4 is 0 Å². The summed E-state index contributed by atoms with van der Waals surface area (Å²) < 4.78 is 5.38. The molecule has 96 valence electrons. The Morgan fingerprint density at radius 3 is 2.59 bits per heavy atom. The van der Waals surface area contributed by atoms with E-state index in [2.05, 4.69) is 0 Å². The maximum atomic E-state index is 12.1. The van der Waals surface area contributed by atoms with Gasteiger partial charge in [-0.15, -0.1) is 0 Å². The number of rotatable bonds is 5. The van der Waals surface area contributed by atoms with E-state index < -0.39 is 5.60 Å². The third-order valence-corrected chi connectivity index (χ3v) is 2.86. The lowest BCUT2D eigenvalue weighted by atomic mass is 10.1. The number of amides is 1. The molecule has 0 radical (unpaired) electrons. The normalized spacial score (nSPS) is 11.6. The summed E-state index contributed by atoms with van der Waals surface area (Å²) in [5.41, 5.74) is -0.902. The number of carbonyl (C=O) groups excluding carboxylic acids is 1. The fourth-order valence-corrected chi connectivity index (χ4v) is 1.87. The van der Waals surface area contributed by atoms with Gasteiger partial charge >= 0.3 is 0 Å². The zero-order valence-corrected chi connectivity index (χ0v) is 11.5. The largest absolute Gasteiger partial charge is 0.445 e. The molecule has 1 heterocycles. The Bertz CT molecular complexity index is 381. The Kier molecular flexibility index (Phi) is 4.65. The van der Waals surface area contributed by atoms with E-state index >= 15 is 0 Å². The molecule has 1 amide bonds. The highest BCUT2D eigenvalue weighted by atomic mass is 32.2. The van der Waals surface area contributed by atoms with Crippen LogP contribution in [-0.2, 0) is 0 Å². The SMILES string of the molecule is CCN(CC(C)(C)O)C(=O)c1ccc(SC)o1. The third kappa shape index (κ3) is 4.09. The van der Waals surface area contributed by atoms with Crippen molar-refractivity contribution >= 4 is 17.7 Å². The highest BCUT2D eigenvalue weighted by molar-refractivity contribution is 7.98. The molecule has 17 heavy (non-hydrogen) atoms. The van der Waals surface area contributed by atoms with Gasteiger partial charge < -0.3 is 14.4 Å². The smallest absolute Gasteiger partial charge is 0.289 e. The van der Waals surface area contributed by atoms with Gasteiger partial charge in [-0.2, -0.15) is 0 Å². The van der Waals surface area contributed by atoms with E-state index in [-0.39, 0.29) is 12.5 Å². The average Bonchev–Trinajstić information content (AvgIpc) is 2.72. The van der Waals surface area contributed by atoms with Crippen LogP contribution in [-0.4, -0.2) is 40.9 Å². The van der Waals surface area contributed by atoms with E-state index in [0.717, 1.165) is 0 Å². The number of nitrogens with zero attached hydrogens (tertiary/aromatic N) is 1. The van der Waals surface area contributed by atoms with Crippen molar-refractivity contribution in [1.29, 1.82) is 0 Å². The Morgan fingerprint density at radius 2 is 2.18 bits per heavy atom. The van der Waals surface area contributed by atoms with Crippen molar-refractivity contribution in [3.05, 3.63) is 17.9 Å². The molecule has 0 bridgehead atoms. The van der Waals surface area contributed by atoms with Gasteiger partial charge in [0.05, 0.1) is 5.60 Å². The molecule has 0 atom stereocenters. The average molecular weight is 257 g/mol. The van der Waals surface area contributed by atoms with Gasteiger partial charge in [-0.1, -0.05) is 11.8 Å². The fraction of sp³-hybridized carbons (Fsp3) is 0.583. The van der Waals surface area contributed by atoms with E-state index in [0.29, 0.717) is 17.4 Å². The molecule has 0 aliphatic heterocycles. The summed E-state index contributed by atoms with van der Waals surface area (Å²) in [7, 11) is 0. The van der Waals surface area contributed by atoms with Crippen LogP contribution in [0.15, 0.2) is 21.6 Å². The van der Waals surface area contributed by atoms with E-state index in [9.17, 15) is 9.90 Å². The van der Waals surface area contributed by atoms with Gasteiger partial charge in [0.2, 0.25) is 0 Å². The molecule has 0 aliphatic carbocycles. The lowest BCUT2D eigenvalue weighted by Crippen LogP contribution is -2.42. The maximum absolute atomic E-state index is 12.1. The minimum absolute atomic E-state index is 0.185. The van der Waals surface area contributed by atoms with Crippen LogP contribution in [0.5, 0.6) is 0 Å². The molecular weight excluding hydrogens is 238 g/mol. The lowest BCUT2D eigenvalue weighted by Gasteiger charge is -2.27. The van der Waals surface area contributed by atoms with Gasteiger partial charge in [0, 0.05) is 13.1 Å². The standard InChI is InChI=1S/C12H19NO3S/c1-5-13(8-12(2,3)15)11(14)9-6-7-10(16-9)17-4/h6-7,15H,5,8H2,1-4H3. The lowest BCUT2D eigenvalue weighted by molar-refractivity contribution is 0.0296. The number of hydrogen-bond acceptors (Lipinski definition) is 4. The maximum Gasteiger partial charge on any atom is 0.289 e. The molecule has 1 rings (SSSR count). The molecule has 1 aromatic rings. The van der Waals surface area contributed by atoms with Crippen LogP contribution in [0.1, 0.15) is 31.3 Å². The summed E-state index contributed by atoms with van der Waals surface area (Å²) in [4.78, 5) is 13.7. The Hall–Kier alpha value is -0.940. The summed E-state index contributed by atoms with van der Waals surface area (Å²) in [6, 6.07) is 3.44. The first-order valence-electron chi connectivity index (χ1n) is 5.53. The molecule has 4 nitrogen and oxygen atoms in total. The number of aliphatic hydroxyl groups is 1. The second-order valence-corrected chi connectivity index (χ2v) is 5.27. The van der Waals surface area contributed by atoms with E-state index in [4.69, 9.17) is 4.42 Å². The second-order valence-electron chi connectivity index (χ2n) is 4.45. The molecule has 0 aliphatic rings.